The van der Waals surface area contributed by atoms with Crippen LogP contribution in [0.2, 0.25) is 0 Å². The van der Waals surface area contributed by atoms with E-state index < -0.39 is 5.92 Å². The van der Waals surface area contributed by atoms with Crippen molar-refractivity contribution in [2.75, 3.05) is 13.1 Å². The number of hydrogen-bond donors (Lipinski definition) is 0. The molecule has 0 radical (unpaired) electrons. The van der Waals surface area contributed by atoms with Gasteiger partial charge in [0.1, 0.15) is 0 Å². The Balaban J connectivity index is 2.33. The smallest absolute Gasteiger partial charge is 0.272 e. The molecule has 1 atom stereocenters. The van der Waals surface area contributed by atoms with E-state index in [4.69, 9.17) is 0 Å². The Labute approximate surface area is 98.2 Å². The van der Waals surface area contributed by atoms with Gasteiger partial charge in [0.2, 0.25) is 0 Å². The minimum absolute atomic E-state index is 0.00454. The fourth-order valence-electron chi connectivity index (χ4n) is 2.38. The highest BCUT2D eigenvalue weighted by Gasteiger charge is 2.49. The Hall–Kier alpha value is -0.180. The van der Waals surface area contributed by atoms with Crippen molar-refractivity contribution in [1.82, 2.24) is 4.90 Å². The second-order valence-corrected chi connectivity index (χ2v) is 5.37. The summed E-state index contributed by atoms with van der Waals surface area (Å²) in [6.45, 7) is 6.36. The molecule has 0 spiro atoms. The molecule has 1 heterocycles. The Bertz CT molecular complexity index is 210. The number of rotatable bonds is 7. The molecule has 1 nitrogen and oxygen atoms in total. The van der Waals surface area contributed by atoms with Crippen molar-refractivity contribution in [3.63, 3.8) is 0 Å². The standard InChI is InChI=1S/C13H25F2N/c1-4-6-7-8-9-12(3,5-2)16-10-13(14,15)11-16/h4-11H2,1-3H3. The number of halogens is 2. The third-order valence-electron chi connectivity index (χ3n) is 3.94. The van der Waals surface area contributed by atoms with E-state index in [-0.39, 0.29) is 18.6 Å². The van der Waals surface area contributed by atoms with Crippen LogP contribution in [0.3, 0.4) is 0 Å². The molecule has 1 rings (SSSR count). The summed E-state index contributed by atoms with van der Waals surface area (Å²) in [6, 6.07) is 0. The maximum atomic E-state index is 12.9. The minimum atomic E-state index is -2.43. The fraction of sp³-hybridized carbons (Fsp3) is 1.00. The summed E-state index contributed by atoms with van der Waals surface area (Å²) >= 11 is 0. The predicted molar refractivity (Wildman–Crippen MR) is 64.0 cm³/mol. The first-order valence-electron chi connectivity index (χ1n) is 6.56. The van der Waals surface area contributed by atoms with Gasteiger partial charge in [-0.15, -0.1) is 0 Å². The third-order valence-corrected chi connectivity index (χ3v) is 3.94. The van der Waals surface area contributed by atoms with Crippen LogP contribution in [0.5, 0.6) is 0 Å². The second kappa shape index (κ2) is 5.44. The maximum Gasteiger partial charge on any atom is 0.272 e. The van der Waals surface area contributed by atoms with Crippen molar-refractivity contribution in [2.45, 2.75) is 70.8 Å². The van der Waals surface area contributed by atoms with Crippen LogP contribution >= 0.6 is 0 Å². The van der Waals surface area contributed by atoms with Crippen molar-refractivity contribution in [3.05, 3.63) is 0 Å². The van der Waals surface area contributed by atoms with Gasteiger partial charge in [-0.1, -0.05) is 39.5 Å². The predicted octanol–water partition coefficient (Wildman–Crippen LogP) is 4.08. The Morgan fingerprint density at radius 3 is 2.19 bits per heavy atom. The van der Waals surface area contributed by atoms with E-state index in [1.54, 1.807) is 0 Å². The van der Waals surface area contributed by atoms with Crippen LogP contribution in [0.1, 0.15) is 59.3 Å². The van der Waals surface area contributed by atoms with E-state index in [1.807, 2.05) is 4.90 Å². The molecule has 0 amide bonds. The van der Waals surface area contributed by atoms with Gasteiger partial charge in [-0.3, -0.25) is 4.90 Å². The van der Waals surface area contributed by atoms with Crippen molar-refractivity contribution >= 4 is 0 Å². The zero-order valence-electron chi connectivity index (χ0n) is 10.9. The van der Waals surface area contributed by atoms with E-state index in [0.717, 1.165) is 12.8 Å². The molecule has 1 unspecified atom stereocenters. The van der Waals surface area contributed by atoms with E-state index in [9.17, 15) is 8.78 Å². The summed E-state index contributed by atoms with van der Waals surface area (Å²) in [5.41, 5.74) is -0.00454. The number of unbranched alkanes of at least 4 members (excludes halogenated alkanes) is 3. The van der Waals surface area contributed by atoms with E-state index in [1.165, 1.54) is 25.7 Å². The van der Waals surface area contributed by atoms with Crippen molar-refractivity contribution < 1.29 is 8.78 Å². The Kier molecular flexibility index (Phi) is 4.72. The summed E-state index contributed by atoms with van der Waals surface area (Å²) < 4.78 is 25.7. The van der Waals surface area contributed by atoms with Gasteiger partial charge in [0.25, 0.3) is 5.92 Å². The molecule has 1 saturated heterocycles. The van der Waals surface area contributed by atoms with Crippen LogP contribution < -0.4 is 0 Å². The summed E-state index contributed by atoms with van der Waals surface area (Å²) in [5, 5.41) is 0. The average molecular weight is 233 g/mol. The third kappa shape index (κ3) is 3.41. The summed E-state index contributed by atoms with van der Waals surface area (Å²) in [5.74, 6) is -2.43. The first-order valence-corrected chi connectivity index (χ1v) is 6.56. The lowest BCUT2D eigenvalue weighted by atomic mass is 9.86. The van der Waals surface area contributed by atoms with E-state index in [2.05, 4.69) is 20.8 Å². The van der Waals surface area contributed by atoms with Gasteiger partial charge in [-0.05, 0) is 19.8 Å². The lowest BCUT2D eigenvalue weighted by molar-refractivity contribution is -0.169. The van der Waals surface area contributed by atoms with Crippen molar-refractivity contribution in [2.24, 2.45) is 0 Å². The lowest BCUT2D eigenvalue weighted by Crippen LogP contribution is -2.64. The van der Waals surface area contributed by atoms with Gasteiger partial charge in [0, 0.05) is 5.54 Å². The first kappa shape index (κ1) is 13.9. The number of alkyl halides is 2. The minimum Gasteiger partial charge on any atom is -0.286 e. The Morgan fingerprint density at radius 2 is 1.75 bits per heavy atom. The molecule has 0 N–H and O–H groups in total. The monoisotopic (exact) mass is 233 g/mol. The van der Waals surface area contributed by atoms with Crippen LogP contribution in [0.25, 0.3) is 0 Å². The molecule has 1 aliphatic heterocycles. The van der Waals surface area contributed by atoms with Crippen LogP contribution in [-0.2, 0) is 0 Å². The normalized spacial score (nSPS) is 23.8. The molecule has 1 aliphatic rings. The fourth-order valence-corrected chi connectivity index (χ4v) is 2.38. The molecule has 96 valence electrons. The number of hydrogen-bond acceptors (Lipinski definition) is 1. The molecule has 0 bridgehead atoms. The average Bonchev–Trinajstić information content (AvgIpc) is 2.21. The zero-order chi connectivity index (χ0) is 12.2. The van der Waals surface area contributed by atoms with Crippen LogP contribution in [0, 0.1) is 0 Å². The molecule has 0 aromatic heterocycles. The first-order chi connectivity index (χ1) is 7.43. The Morgan fingerprint density at radius 1 is 1.12 bits per heavy atom. The highest BCUT2D eigenvalue weighted by Crippen LogP contribution is 2.37. The quantitative estimate of drug-likeness (QED) is 0.599. The van der Waals surface area contributed by atoms with Gasteiger partial charge in [0.05, 0.1) is 13.1 Å². The van der Waals surface area contributed by atoms with Crippen molar-refractivity contribution in [3.8, 4) is 0 Å². The summed E-state index contributed by atoms with van der Waals surface area (Å²) in [4.78, 5) is 1.96. The highest BCUT2D eigenvalue weighted by atomic mass is 19.3. The molecular formula is C13H25F2N. The lowest BCUT2D eigenvalue weighted by Gasteiger charge is -2.50. The van der Waals surface area contributed by atoms with E-state index in [0.29, 0.717) is 0 Å². The molecule has 3 heteroatoms. The van der Waals surface area contributed by atoms with Gasteiger partial charge in [-0.2, -0.15) is 0 Å². The highest BCUT2D eigenvalue weighted by molar-refractivity contribution is 4.97. The number of nitrogens with zero attached hydrogens (tertiary/aromatic N) is 1. The molecule has 1 fully saturated rings. The SMILES string of the molecule is CCCCCCC(C)(CC)N1CC(F)(F)C1. The molecule has 0 aromatic rings. The second-order valence-electron chi connectivity index (χ2n) is 5.37. The van der Waals surface area contributed by atoms with Crippen LogP contribution in [0.15, 0.2) is 0 Å². The van der Waals surface area contributed by atoms with Crippen LogP contribution in [-0.4, -0.2) is 29.5 Å². The van der Waals surface area contributed by atoms with Gasteiger partial charge in [0.15, 0.2) is 0 Å². The zero-order valence-corrected chi connectivity index (χ0v) is 10.9. The topological polar surface area (TPSA) is 3.24 Å². The number of likely N-dealkylation sites (tertiary alicyclic amines) is 1. The van der Waals surface area contributed by atoms with Crippen molar-refractivity contribution in [1.29, 1.82) is 0 Å². The van der Waals surface area contributed by atoms with Gasteiger partial charge < -0.3 is 0 Å². The molecule has 0 aromatic carbocycles. The van der Waals surface area contributed by atoms with Gasteiger partial charge in [-0.25, -0.2) is 8.78 Å². The summed E-state index contributed by atoms with van der Waals surface area (Å²) in [7, 11) is 0. The molecule has 16 heavy (non-hydrogen) atoms. The molecule has 0 saturated carbocycles. The van der Waals surface area contributed by atoms with Gasteiger partial charge >= 0.3 is 0 Å². The molecule has 0 aliphatic carbocycles. The molecular weight excluding hydrogens is 208 g/mol. The largest absolute Gasteiger partial charge is 0.286 e. The summed E-state index contributed by atoms with van der Waals surface area (Å²) in [6.07, 6.45) is 6.91. The van der Waals surface area contributed by atoms with E-state index >= 15 is 0 Å². The maximum absolute atomic E-state index is 12.9. The van der Waals surface area contributed by atoms with Crippen LogP contribution in [0.4, 0.5) is 8.78 Å².